The second kappa shape index (κ2) is 6.72. The first kappa shape index (κ1) is 11.4. The first-order chi connectivity index (χ1) is 6.33. The monoisotopic (exact) mass is 206 g/mol. The van der Waals surface area contributed by atoms with Crippen molar-refractivity contribution in [3.63, 3.8) is 0 Å². The van der Waals surface area contributed by atoms with Crippen molar-refractivity contribution in [2.75, 3.05) is 13.2 Å². The molecule has 78 valence electrons. The van der Waals surface area contributed by atoms with Crippen molar-refractivity contribution >= 4 is 8.60 Å². The van der Waals surface area contributed by atoms with Crippen molar-refractivity contribution in [1.29, 1.82) is 0 Å². The normalized spacial score (nSPS) is 29.1. The lowest BCUT2D eigenvalue weighted by Crippen LogP contribution is -2.15. The van der Waals surface area contributed by atoms with Gasteiger partial charge in [-0.25, -0.2) is 0 Å². The van der Waals surface area contributed by atoms with Crippen LogP contribution in [0.2, 0.25) is 0 Å². The van der Waals surface area contributed by atoms with Gasteiger partial charge in [0.1, 0.15) is 0 Å². The standard InChI is InChI=1S/C9H19O3P/c1-3-4-5-7-10-13-11-8-6-9(2)12-13/h9H,3-8H2,1-2H3. The molecule has 1 heterocycles. The van der Waals surface area contributed by atoms with Gasteiger partial charge in [0.25, 0.3) is 0 Å². The van der Waals surface area contributed by atoms with Crippen molar-refractivity contribution in [3.05, 3.63) is 0 Å². The number of unbranched alkanes of at least 4 members (excludes halogenated alkanes) is 2. The van der Waals surface area contributed by atoms with Gasteiger partial charge < -0.3 is 13.6 Å². The smallest absolute Gasteiger partial charge is 0.312 e. The van der Waals surface area contributed by atoms with Crippen LogP contribution < -0.4 is 0 Å². The fourth-order valence-corrected chi connectivity index (χ4v) is 2.21. The van der Waals surface area contributed by atoms with E-state index in [1.807, 2.05) is 0 Å². The minimum atomic E-state index is -1.03. The van der Waals surface area contributed by atoms with Crippen LogP contribution in [-0.4, -0.2) is 19.3 Å². The summed E-state index contributed by atoms with van der Waals surface area (Å²) < 4.78 is 16.3. The lowest BCUT2D eigenvalue weighted by atomic mass is 10.3. The first-order valence-electron chi connectivity index (χ1n) is 5.05. The van der Waals surface area contributed by atoms with Gasteiger partial charge in [-0.3, -0.25) is 0 Å². The molecule has 0 aromatic carbocycles. The minimum absolute atomic E-state index is 0.297. The number of hydrogen-bond acceptors (Lipinski definition) is 3. The quantitative estimate of drug-likeness (QED) is 0.510. The number of rotatable bonds is 5. The summed E-state index contributed by atoms with van der Waals surface area (Å²) in [5, 5.41) is 0. The summed E-state index contributed by atoms with van der Waals surface area (Å²) >= 11 is 0. The van der Waals surface area contributed by atoms with E-state index in [0.717, 1.165) is 26.1 Å². The molecular weight excluding hydrogens is 187 g/mol. The topological polar surface area (TPSA) is 27.7 Å². The second-order valence-corrected chi connectivity index (χ2v) is 4.48. The highest BCUT2D eigenvalue weighted by atomic mass is 31.2. The molecular formula is C9H19O3P. The molecule has 0 aromatic rings. The second-order valence-electron chi connectivity index (χ2n) is 3.30. The summed E-state index contributed by atoms with van der Waals surface area (Å²) in [4.78, 5) is 0. The van der Waals surface area contributed by atoms with E-state index in [1.165, 1.54) is 12.8 Å². The van der Waals surface area contributed by atoms with Crippen LogP contribution in [0.15, 0.2) is 0 Å². The fourth-order valence-electron chi connectivity index (χ4n) is 1.08. The Labute approximate surface area is 81.8 Å². The molecule has 0 N–H and O–H groups in total. The van der Waals surface area contributed by atoms with Gasteiger partial charge in [0.15, 0.2) is 0 Å². The van der Waals surface area contributed by atoms with Crippen molar-refractivity contribution in [2.45, 2.75) is 45.6 Å². The van der Waals surface area contributed by atoms with E-state index in [2.05, 4.69) is 13.8 Å². The van der Waals surface area contributed by atoms with Crippen molar-refractivity contribution in [2.24, 2.45) is 0 Å². The molecule has 0 aliphatic carbocycles. The van der Waals surface area contributed by atoms with Gasteiger partial charge in [-0.05, 0) is 19.8 Å². The molecule has 0 saturated carbocycles. The zero-order valence-corrected chi connectivity index (χ0v) is 9.39. The molecule has 1 fully saturated rings. The minimum Gasteiger partial charge on any atom is -0.312 e. The summed E-state index contributed by atoms with van der Waals surface area (Å²) in [6.07, 6.45) is 4.83. The molecule has 0 spiro atoms. The summed E-state index contributed by atoms with van der Waals surface area (Å²) in [7, 11) is -1.03. The maximum Gasteiger partial charge on any atom is 0.332 e. The van der Waals surface area contributed by atoms with Crippen LogP contribution in [0.1, 0.15) is 39.5 Å². The predicted molar refractivity (Wildman–Crippen MR) is 53.5 cm³/mol. The molecule has 2 atom stereocenters. The largest absolute Gasteiger partial charge is 0.332 e. The van der Waals surface area contributed by atoms with Gasteiger partial charge in [-0.1, -0.05) is 19.8 Å². The van der Waals surface area contributed by atoms with E-state index in [9.17, 15) is 0 Å². The van der Waals surface area contributed by atoms with E-state index in [4.69, 9.17) is 13.6 Å². The van der Waals surface area contributed by atoms with Crippen LogP contribution in [0.4, 0.5) is 0 Å². The molecule has 0 bridgehead atoms. The Morgan fingerprint density at radius 3 is 3.00 bits per heavy atom. The maximum atomic E-state index is 5.49. The zero-order valence-electron chi connectivity index (χ0n) is 8.49. The average molecular weight is 206 g/mol. The molecule has 1 rings (SSSR count). The van der Waals surface area contributed by atoms with E-state index in [-0.39, 0.29) is 0 Å². The molecule has 2 unspecified atom stereocenters. The van der Waals surface area contributed by atoms with Crippen LogP contribution in [0.5, 0.6) is 0 Å². The molecule has 0 amide bonds. The first-order valence-corrected chi connectivity index (χ1v) is 6.15. The van der Waals surface area contributed by atoms with E-state index in [0.29, 0.717) is 6.10 Å². The Morgan fingerprint density at radius 1 is 1.46 bits per heavy atom. The zero-order chi connectivity index (χ0) is 9.52. The molecule has 13 heavy (non-hydrogen) atoms. The predicted octanol–water partition coefficient (Wildman–Crippen LogP) is 3.25. The average Bonchev–Trinajstić information content (AvgIpc) is 2.13. The van der Waals surface area contributed by atoms with Gasteiger partial charge >= 0.3 is 8.60 Å². The third kappa shape index (κ3) is 4.92. The molecule has 0 radical (unpaired) electrons. The van der Waals surface area contributed by atoms with Crippen molar-refractivity contribution in [3.8, 4) is 0 Å². The van der Waals surface area contributed by atoms with Crippen LogP contribution in [0, 0.1) is 0 Å². The van der Waals surface area contributed by atoms with Crippen LogP contribution >= 0.6 is 8.60 Å². The molecule has 1 aliphatic heterocycles. The molecule has 1 aliphatic rings. The highest BCUT2D eigenvalue weighted by Crippen LogP contribution is 2.44. The molecule has 1 saturated heterocycles. The van der Waals surface area contributed by atoms with E-state index in [1.54, 1.807) is 0 Å². The fraction of sp³-hybridized carbons (Fsp3) is 1.00. The third-order valence-corrected chi connectivity index (χ3v) is 3.25. The number of hydrogen-bond donors (Lipinski definition) is 0. The lowest BCUT2D eigenvalue weighted by Gasteiger charge is -2.25. The van der Waals surface area contributed by atoms with E-state index >= 15 is 0 Å². The Morgan fingerprint density at radius 2 is 2.31 bits per heavy atom. The highest BCUT2D eigenvalue weighted by Gasteiger charge is 2.21. The lowest BCUT2D eigenvalue weighted by molar-refractivity contribution is 0.0705. The highest BCUT2D eigenvalue weighted by molar-refractivity contribution is 7.41. The Bertz CT molecular complexity index is 132. The van der Waals surface area contributed by atoms with Crippen LogP contribution in [0.25, 0.3) is 0 Å². The van der Waals surface area contributed by atoms with Gasteiger partial charge in [-0.2, -0.15) is 0 Å². The molecule has 0 aromatic heterocycles. The summed E-state index contributed by atoms with van der Waals surface area (Å²) in [5.74, 6) is 0. The Kier molecular flexibility index (Phi) is 5.88. The van der Waals surface area contributed by atoms with E-state index < -0.39 is 8.60 Å². The maximum absolute atomic E-state index is 5.49. The van der Waals surface area contributed by atoms with Gasteiger partial charge in [0.2, 0.25) is 0 Å². The summed E-state index contributed by atoms with van der Waals surface area (Å²) in [5.41, 5.74) is 0. The van der Waals surface area contributed by atoms with Crippen molar-refractivity contribution in [1.82, 2.24) is 0 Å². The van der Waals surface area contributed by atoms with Crippen LogP contribution in [-0.2, 0) is 13.6 Å². The molecule has 3 nitrogen and oxygen atoms in total. The SMILES string of the molecule is CCCCCOP1OCCC(C)O1. The van der Waals surface area contributed by atoms with Crippen LogP contribution in [0.3, 0.4) is 0 Å². The summed E-state index contributed by atoms with van der Waals surface area (Å²) in [6, 6.07) is 0. The Hall–Kier alpha value is 0.310. The summed E-state index contributed by atoms with van der Waals surface area (Å²) in [6.45, 7) is 5.79. The van der Waals surface area contributed by atoms with Gasteiger partial charge in [-0.15, -0.1) is 0 Å². The van der Waals surface area contributed by atoms with Gasteiger partial charge in [0, 0.05) is 0 Å². The third-order valence-electron chi connectivity index (χ3n) is 1.93. The van der Waals surface area contributed by atoms with Crippen molar-refractivity contribution < 1.29 is 13.6 Å². The molecule has 4 heteroatoms. The van der Waals surface area contributed by atoms with Gasteiger partial charge in [0.05, 0.1) is 19.3 Å². The Balaban J connectivity index is 2.00.